The average molecular weight is 564 g/mol. The number of pyridine rings is 1. The van der Waals surface area contributed by atoms with Gasteiger partial charge in [0.05, 0.1) is 0 Å². The highest BCUT2D eigenvalue weighted by Gasteiger charge is 2.51. The van der Waals surface area contributed by atoms with Crippen molar-refractivity contribution in [3.05, 3.63) is 72.6 Å². The molecule has 1 aromatic heterocycles. The number of rotatable bonds is 8. The van der Waals surface area contributed by atoms with Gasteiger partial charge in [-0.2, -0.15) is 0 Å². The molecule has 5 atom stereocenters. The number of carbonyl (C=O) groups is 3. The number of ether oxygens (including phenoxy) is 5. The second-order valence-corrected chi connectivity index (χ2v) is 10.1. The van der Waals surface area contributed by atoms with Crippen LogP contribution >= 0.6 is 11.8 Å². The van der Waals surface area contributed by atoms with E-state index < -0.39 is 47.8 Å². The minimum Gasteiger partial charge on any atom is -0.463 e. The number of benzene rings is 2. The van der Waals surface area contributed by atoms with Crippen molar-refractivity contribution < 1.29 is 38.1 Å². The van der Waals surface area contributed by atoms with E-state index in [0.29, 0.717) is 5.56 Å². The monoisotopic (exact) mass is 563 g/mol. The Kier molecular flexibility index (Phi) is 10.1. The Morgan fingerprint density at radius 2 is 1.65 bits per heavy atom. The Bertz CT molecular complexity index is 1400. The molecule has 40 heavy (non-hydrogen) atoms. The van der Waals surface area contributed by atoms with E-state index in [4.69, 9.17) is 23.7 Å². The zero-order valence-corrected chi connectivity index (χ0v) is 23.1. The van der Waals surface area contributed by atoms with Gasteiger partial charge >= 0.3 is 17.9 Å². The van der Waals surface area contributed by atoms with Gasteiger partial charge in [-0.05, 0) is 35.0 Å². The largest absolute Gasteiger partial charge is 0.463 e. The smallest absolute Gasteiger partial charge is 0.303 e. The minimum absolute atomic E-state index is 0.0667. The second kappa shape index (κ2) is 13.9. The number of aromatic nitrogens is 1. The van der Waals surface area contributed by atoms with Gasteiger partial charge in [-0.15, -0.1) is 0 Å². The lowest BCUT2D eigenvalue weighted by molar-refractivity contribution is -0.237. The van der Waals surface area contributed by atoms with E-state index >= 15 is 0 Å². The fourth-order valence-corrected chi connectivity index (χ4v) is 5.39. The molecule has 0 spiro atoms. The van der Waals surface area contributed by atoms with Crippen LogP contribution in [0.5, 0.6) is 0 Å². The van der Waals surface area contributed by atoms with Crippen LogP contribution in [0.25, 0.3) is 10.8 Å². The molecule has 2 heterocycles. The number of hydrogen-bond donors (Lipinski definition) is 0. The van der Waals surface area contributed by atoms with E-state index in [2.05, 4.69) is 16.8 Å². The molecule has 0 aliphatic carbocycles. The maximum Gasteiger partial charge on any atom is 0.303 e. The summed E-state index contributed by atoms with van der Waals surface area (Å²) in [6.07, 6.45) is -0.622. The standard InChI is InChI=1S/C30H29NO8S/c1-19(32)36-18-26-27(37-20(2)33)28(35-15-7-9-22-8-6-14-31-17-22)29(38-21(3)34)30(39-26)40-25-13-12-23-10-4-5-11-24(23)16-25/h4-6,8,10-14,16-17,26-30H,15,18H2,1-3H3/t26-,27+,28+,29-,30+/m1/s1. The van der Waals surface area contributed by atoms with E-state index in [0.717, 1.165) is 15.7 Å². The van der Waals surface area contributed by atoms with Crippen LogP contribution in [0.3, 0.4) is 0 Å². The average Bonchev–Trinajstić information content (AvgIpc) is 2.92. The van der Waals surface area contributed by atoms with E-state index in [-0.39, 0.29) is 13.2 Å². The molecule has 0 bridgehead atoms. The third-order valence-electron chi connectivity index (χ3n) is 5.86. The third kappa shape index (κ3) is 8.05. The molecule has 1 aliphatic heterocycles. The number of hydrogen-bond acceptors (Lipinski definition) is 10. The predicted octanol–water partition coefficient (Wildman–Crippen LogP) is 3.92. The van der Waals surface area contributed by atoms with Crippen molar-refractivity contribution in [3.63, 3.8) is 0 Å². The zero-order chi connectivity index (χ0) is 28.5. The highest BCUT2D eigenvalue weighted by Crippen LogP contribution is 2.38. The first-order chi connectivity index (χ1) is 19.3. The van der Waals surface area contributed by atoms with Crippen LogP contribution in [-0.4, -0.2) is 66.0 Å². The highest BCUT2D eigenvalue weighted by molar-refractivity contribution is 7.99. The third-order valence-corrected chi connectivity index (χ3v) is 7.00. The van der Waals surface area contributed by atoms with Gasteiger partial charge in [0, 0.05) is 43.6 Å². The van der Waals surface area contributed by atoms with Crippen LogP contribution < -0.4 is 0 Å². The highest BCUT2D eigenvalue weighted by atomic mass is 32.2. The van der Waals surface area contributed by atoms with E-state index in [1.807, 2.05) is 48.5 Å². The Hall–Kier alpha value is -3.91. The minimum atomic E-state index is -1.05. The van der Waals surface area contributed by atoms with Gasteiger partial charge in [0.15, 0.2) is 12.2 Å². The van der Waals surface area contributed by atoms with Crippen molar-refractivity contribution in [3.8, 4) is 11.8 Å². The maximum atomic E-state index is 12.2. The van der Waals surface area contributed by atoms with Crippen molar-refractivity contribution in [1.82, 2.24) is 4.98 Å². The number of carbonyl (C=O) groups excluding carboxylic acids is 3. The first kappa shape index (κ1) is 29.1. The summed E-state index contributed by atoms with van der Waals surface area (Å²) >= 11 is 1.32. The van der Waals surface area contributed by atoms with Crippen LogP contribution in [0.4, 0.5) is 0 Å². The summed E-state index contributed by atoms with van der Waals surface area (Å²) in [5.41, 5.74) is -0.0858. The Morgan fingerprint density at radius 1 is 0.900 bits per heavy atom. The quantitative estimate of drug-likeness (QED) is 0.227. The molecule has 4 rings (SSSR count). The molecule has 0 N–H and O–H groups in total. The lowest BCUT2D eigenvalue weighted by atomic mass is 9.99. The van der Waals surface area contributed by atoms with Crippen molar-refractivity contribution in [2.24, 2.45) is 0 Å². The first-order valence-corrected chi connectivity index (χ1v) is 13.5. The topological polar surface area (TPSA) is 110 Å². The Balaban J connectivity index is 1.66. The summed E-state index contributed by atoms with van der Waals surface area (Å²) in [4.78, 5) is 40.8. The van der Waals surface area contributed by atoms with Crippen LogP contribution in [0, 0.1) is 11.8 Å². The van der Waals surface area contributed by atoms with Crippen LogP contribution in [-0.2, 0) is 38.1 Å². The Morgan fingerprint density at radius 3 is 2.35 bits per heavy atom. The fraction of sp³-hybridized carbons (Fsp3) is 0.333. The summed E-state index contributed by atoms with van der Waals surface area (Å²) in [6, 6.07) is 17.4. The van der Waals surface area contributed by atoms with Crippen molar-refractivity contribution in [1.29, 1.82) is 0 Å². The number of fused-ring (bicyclic) bond motifs is 1. The molecule has 1 fully saturated rings. The van der Waals surface area contributed by atoms with Gasteiger partial charge in [-0.25, -0.2) is 0 Å². The van der Waals surface area contributed by atoms with E-state index in [9.17, 15) is 14.4 Å². The van der Waals surface area contributed by atoms with Gasteiger partial charge in [-0.1, -0.05) is 53.9 Å². The van der Waals surface area contributed by atoms with E-state index in [1.54, 1.807) is 18.5 Å². The maximum absolute atomic E-state index is 12.2. The predicted molar refractivity (Wildman–Crippen MR) is 147 cm³/mol. The van der Waals surface area contributed by atoms with Gasteiger partial charge < -0.3 is 23.7 Å². The van der Waals surface area contributed by atoms with Crippen molar-refractivity contribution >= 4 is 40.4 Å². The van der Waals surface area contributed by atoms with Gasteiger partial charge in [0.1, 0.15) is 30.9 Å². The van der Waals surface area contributed by atoms with Gasteiger partial charge in [-0.3, -0.25) is 19.4 Å². The molecule has 1 saturated heterocycles. The number of esters is 3. The SMILES string of the molecule is CC(=O)OC[C@H]1O[C@@H](Sc2ccc3ccccc3c2)[C@H](OC(C)=O)[C@@H](OCC#Cc2cccnc2)[C@H]1OC(C)=O. The molecule has 0 amide bonds. The number of thioether (sulfide) groups is 1. The van der Waals surface area contributed by atoms with E-state index in [1.165, 1.54) is 32.5 Å². The number of nitrogens with zero attached hydrogens (tertiary/aromatic N) is 1. The summed E-state index contributed by atoms with van der Waals surface area (Å²) in [5.74, 6) is 4.19. The van der Waals surface area contributed by atoms with Crippen molar-refractivity contribution in [2.45, 2.75) is 55.5 Å². The molecule has 1 aliphatic rings. The van der Waals surface area contributed by atoms with Crippen LogP contribution in [0.1, 0.15) is 26.3 Å². The lowest BCUT2D eigenvalue weighted by Crippen LogP contribution is -2.61. The van der Waals surface area contributed by atoms with Gasteiger partial charge in [0.2, 0.25) is 0 Å². The molecular weight excluding hydrogens is 534 g/mol. The lowest BCUT2D eigenvalue weighted by Gasteiger charge is -2.44. The summed E-state index contributed by atoms with van der Waals surface area (Å²) in [6.45, 7) is 3.54. The molecule has 2 aromatic carbocycles. The summed E-state index contributed by atoms with van der Waals surface area (Å²) < 4.78 is 29.0. The summed E-state index contributed by atoms with van der Waals surface area (Å²) in [7, 11) is 0. The normalized spacial score (nSPS) is 22.0. The molecule has 10 heteroatoms. The molecular formula is C30H29NO8S. The molecule has 9 nitrogen and oxygen atoms in total. The zero-order valence-electron chi connectivity index (χ0n) is 22.3. The van der Waals surface area contributed by atoms with Crippen LogP contribution in [0.2, 0.25) is 0 Å². The van der Waals surface area contributed by atoms with Gasteiger partial charge in [0.25, 0.3) is 0 Å². The summed E-state index contributed by atoms with van der Waals surface area (Å²) in [5, 5.41) is 2.10. The fourth-order valence-electron chi connectivity index (χ4n) is 4.24. The second-order valence-electron chi connectivity index (χ2n) is 8.94. The Labute approximate surface area is 236 Å². The first-order valence-electron chi connectivity index (χ1n) is 12.6. The van der Waals surface area contributed by atoms with Crippen molar-refractivity contribution in [2.75, 3.05) is 13.2 Å². The molecule has 0 radical (unpaired) electrons. The van der Waals surface area contributed by atoms with Crippen LogP contribution in [0.15, 0.2) is 71.9 Å². The molecule has 3 aromatic rings. The molecule has 0 unspecified atom stereocenters. The molecule has 208 valence electrons. The molecule has 0 saturated carbocycles.